The lowest BCUT2D eigenvalue weighted by Gasteiger charge is -2.59. The molecule has 0 aromatic carbocycles. The predicted molar refractivity (Wildman–Crippen MR) is 63.3 cm³/mol. The molecule has 3 unspecified atom stereocenters. The number of rotatable bonds is 2. The van der Waals surface area contributed by atoms with Gasteiger partial charge in [0.2, 0.25) is 0 Å². The summed E-state index contributed by atoms with van der Waals surface area (Å²) in [4.78, 5) is 11.7. The Morgan fingerprint density at radius 1 is 1.29 bits per heavy atom. The number of aliphatic hydroxyl groups is 1. The summed E-state index contributed by atoms with van der Waals surface area (Å²) >= 11 is 0. The van der Waals surface area contributed by atoms with E-state index in [0.717, 1.165) is 25.7 Å². The zero-order chi connectivity index (χ0) is 12.3. The maximum Gasteiger partial charge on any atom is 0.333 e. The zero-order valence-corrected chi connectivity index (χ0v) is 10.4. The smallest absolute Gasteiger partial charge is 0.333 e. The first-order chi connectivity index (χ1) is 7.90. The molecule has 4 aliphatic rings. The van der Waals surface area contributed by atoms with E-state index in [-0.39, 0.29) is 5.97 Å². The van der Waals surface area contributed by atoms with E-state index in [1.54, 1.807) is 6.92 Å². The van der Waals surface area contributed by atoms with Crippen molar-refractivity contribution >= 4 is 5.97 Å². The molecule has 0 amide bonds. The van der Waals surface area contributed by atoms with Gasteiger partial charge in [-0.15, -0.1) is 0 Å². The summed E-state index contributed by atoms with van der Waals surface area (Å²) in [6.07, 6.45) is 5.50. The maximum absolute atomic E-state index is 11.7. The Morgan fingerprint density at radius 2 is 1.88 bits per heavy atom. The molecule has 4 aliphatic carbocycles. The fraction of sp³-hybridized carbons (Fsp3) is 0.786. The van der Waals surface area contributed by atoms with E-state index in [9.17, 15) is 9.90 Å². The number of esters is 1. The van der Waals surface area contributed by atoms with Crippen LogP contribution in [0.5, 0.6) is 0 Å². The molecular weight excluding hydrogens is 216 g/mol. The Morgan fingerprint density at radius 3 is 2.35 bits per heavy atom. The topological polar surface area (TPSA) is 46.5 Å². The molecule has 3 heteroatoms. The van der Waals surface area contributed by atoms with Gasteiger partial charge in [-0.25, -0.2) is 4.79 Å². The minimum atomic E-state index is -0.570. The highest BCUT2D eigenvalue weighted by atomic mass is 16.6. The third-order valence-electron chi connectivity index (χ3n) is 4.63. The second-order valence-electron chi connectivity index (χ2n) is 6.54. The van der Waals surface area contributed by atoms with E-state index in [0.29, 0.717) is 23.8 Å². The van der Waals surface area contributed by atoms with E-state index >= 15 is 0 Å². The van der Waals surface area contributed by atoms with Crippen LogP contribution in [0.1, 0.15) is 45.4 Å². The normalized spacial score (nSPS) is 46.9. The fourth-order valence-electron chi connectivity index (χ4n) is 4.53. The molecule has 0 aliphatic heterocycles. The molecule has 3 nitrogen and oxygen atoms in total. The molecule has 0 aromatic heterocycles. The molecule has 17 heavy (non-hydrogen) atoms. The van der Waals surface area contributed by atoms with Crippen LogP contribution in [0.15, 0.2) is 12.2 Å². The number of hydrogen-bond acceptors (Lipinski definition) is 3. The predicted octanol–water partition coefficient (Wildman–Crippen LogP) is 2.19. The van der Waals surface area contributed by atoms with Gasteiger partial charge in [-0.3, -0.25) is 0 Å². The first kappa shape index (κ1) is 11.3. The van der Waals surface area contributed by atoms with Crippen molar-refractivity contribution in [3.05, 3.63) is 12.2 Å². The molecule has 0 heterocycles. The van der Waals surface area contributed by atoms with Crippen LogP contribution in [0.2, 0.25) is 0 Å². The molecule has 4 bridgehead atoms. The van der Waals surface area contributed by atoms with E-state index in [4.69, 9.17) is 4.74 Å². The molecule has 0 radical (unpaired) electrons. The molecule has 4 rings (SSSR count). The van der Waals surface area contributed by atoms with Gasteiger partial charge in [-0.05, 0) is 50.9 Å². The van der Waals surface area contributed by atoms with Crippen LogP contribution in [0.3, 0.4) is 0 Å². The van der Waals surface area contributed by atoms with Gasteiger partial charge >= 0.3 is 5.97 Å². The van der Waals surface area contributed by atoms with Crippen LogP contribution in [0.25, 0.3) is 0 Å². The highest BCUT2D eigenvalue weighted by molar-refractivity contribution is 5.87. The minimum Gasteiger partial charge on any atom is -0.456 e. The van der Waals surface area contributed by atoms with Crippen LogP contribution < -0.4 is 0 Å². The lowest BCUT2D eigenvalue weighted by molar-refractivity contribution is -0.217. The molecule has 0 aromatic rings. The van der Waals surface area contributed by atoms with E-state index in [1.165, 1.54) is 6.42 Å². The van der Waals surface area contributed by atoms with Crippen molar-refractivity contribution in [3.63, 3.8) is 0 Å². The zero-order valence-electron chi connectivity index (χ0n) is 10.4. The number of carbonyl (C=O) groups excluding carboxylic acids is 1. The minimum absolute atomic E-state index is 0.296. The van der Waals surface area contributed by atoms with E-state index < -0.39 is 11.2 Å². The average Bonchev–Trinajstić information content (AvgIpc) is 2.11. The van der Waals surface area contributed by atoms with Gasteiger partial charge in [-0.2, -0.15) is 0 Å². The van der Waals surface area contributed by atoms with Crippen molar-refractivity contribution in [1.29, 1.82) is 0 Å². The number of hydrogen-bond donors (Lipinski definition) is 1. The Bertz CT molecular complexity index is 371. The third-order valence-corrected chi connectivity index (χ3v) is 4.63. The van der Waals surface area contributed by atoms with Crippen molar-refractivity contribution in [2.24, 2.45) is 11.8 Å². The summed E-state index contributed by atoms with van der Waals surface area (Å²) in [5.74, 6) is 0.786. The van der Waals surface area contributed by atoms with Crippen molar-refractivity contribution < 1.29 is 14.6 Å². The molecule has 4 saturated carbocycles. The second kappa shape index (κ2) is 3.35. The van der Waals surface area contributed by atoms with E-state index in [2.05, 4.69) is 6.58 Å². The Labute approximate surface area is 102 Å². The van der Waals surface area contributed by atoms with Crippen LogP contribution in [-0.4, -0.2) is 22.3 Å². The van der Waals surface area contributed by atoms with Crippen molar-refractivity contribution in [2.45, 2.75) is 56.7 Å². The lowest BCUT2D eigenvalue weighted by Crippen LogP contribution is -2.60. The summed E-state index contributed by atoms with van der Waals surface area (Å²) in [6.45, 7) is 5.31. The highest BCUT2D eigenvalue weighted by Gasteiger charge is 2.59. The van der Waals surface area contributed by atoms with Gasteiger partial charge in [-0.1, -0.05) is 6.58 Å². The summed E-state index contributed by atoms with van der Waals surface area (Å²) in [5, 5.41) is 10.5. The number of carbonyl (C=O) groups is 1. The van der Waals surface area contributed by atoms with Gasteiger partial charge in [0.05, 0.1) is 5.60 Å². The molecule has 4 atom stereocenters. The summed E-state index contributed by atoms with van der Waals surface area (Å²) in [7, 11) is 0. The molecule has 0 spiro atoms. The lowest BCUT2D eigenvalue weighted by atomic mass is 9.52. The van der Waals surface area contributed by atoms with Crippen LogP contribution >= 0.6 is 0 Å². The third kappa shape index (κ3) is 1.81. The van der Waals surface area contributed by atoms with E-state index in [1.807, 2.05) is 0 Å². The molecule has 1 N–H and O–H groups in total. The molecular formula is C14H20O3. The van der Waals surface area contributed by atoms with Crippen LogP contribution in [0, 0.1) is 11.8 Å². The SMILES string of the molecule is C=C(C)C(=O)OC12CC3C[C@H](CC(O)(C3)C1)C2. The Kier molecular flexibility index (Phi) is 2.22. The summed E-state index contributed by atoms with van der Waals surface area (Å²) in [6, 6.07) is 0. The molecule has 0 saturated heterocycles. The first-order valence-corrected chi connectivity index (χ1v) is 6.51. The average molecular weight is 236 g/mol. The molecule has 94 valence electrons. The van der Waals surface area contributed by atoms with Gasteiger partial charge < -0.3 is 9.84 Å². The van der Waals surface area contributed by atoms with Crippen molar-refractivity contribution in [3.8, 4) is 0 Å². The number of ether oxygens (including phenoxy) is 1. The molecule has 4 fully saturated rings. The van der Waals surface area contributed by atoms with Crippen LogP contribution in [0.4, 0.5) is 0 Å². The second-order valence-corrected chi connectivity index (χ2v) is 6.54. The van der Waals surface area contributed by atoms with Gasteiger partial charge in [0.15, 0.2) is 0 Å². The van der Waals surface area contributed by atoms with Gasteiger partial charge in [0.1, 0.15) is 5.60 Å². The van der Waals surface area contributed by atoms with Crippen LogP contribution in [-0.2, 0) is 9.53 Å². The van der Waals surface area contributed by atoms with Crippen molar-refractivity contribution in [2.75, 3.05) is 0 Å². The van der Waals surface area contributed by atoms with Gasteiger partial charge in [0, 0.05) is 12.0 Å². The van der Waals surface area contributed by atoms with Crippen molar-refractivity contribution in [1.82, 2.24) is 0 Å². The fourth-order valence-corrected chi connectivity index (χ4v) is 4.53. The quantitative estimate of drug-likeness (QED) is 0.590. The Hall–Kier alpha value is -0.830. The largest absolute Gasteiger partial charge is 0.456 e. The Balaban J connectivity index is 1.83. The standard InChI is InChI=1S/C14H20O3/c1-9(2)12(15)17-14-6-10-3-11(7-14)5-13(16,4-10)8-14/h10-11,16H,1,3-8H2,2H3/t10-,11?,13?,14?/m1/s1. The summed E-state index contributed by atoms with van der Waals surface area (Å²) in [5.41, 5.74) is -0.512. The maximum atomic E-state index is 11.7. The summed E-state index contributed by atoms with van der Waals surface area (Å²) < 4.78 is 5.68. The van der Waals surface area contributed by atoms with Gasteiger partial charge in [0.25, 0.3) is 0 Å². The first-order valence-electron chi connectivity index (χ1n) is 6.51. The monoisotopic (exact) mass is 236 g/mol. The highest BCUT2D eigenvalue weighted by Crippen LogP contribution is 2.58.